The first-order chi connectivity index (χ1) is 12.2. The van der Waals surface area contributed by atoms with E-state index in [-0.39, 0.29) is 22.0 Å². The number of nitro groups is 1. The zero-order chi connectivity index (χ0) is 19.3. The minimum Gasteiger partial charge on any atom is -0.391 e. The van der Waals surface area contributed by atoms with Crippen LogP contribution in [0.5, 0.6) is 0 Å². The molecule has 0 bridgehead atoms. The molecule has 0 aromatic heterocycles. The molecule has 0 heterocycles. The minimum atomic E-state index is -0.389. The molecule has 5 nitrogen and oxygen atoms in total. The first-order valence-electron chi connectivity index (χ1n) is 7.72. The van der Waals surface area contributed by atoms with Gasteiger partial charge in [0, 0.05) is 32.0 Å². The Hall–Kier alpha value is -1.76. The van der Waals surface area contributed by atoms with Crippen molar-refractivity contribution in [2.24, 2.45) is 5.16 Å². The second kappa shape index (κ2) is 8.75. The summed E-state index contributed by atoms with van der Waals surface area (Å²) in [5.74, 6) is 0. The topological polar surface area (TPSA) is 64.7 Å². The molecule has 0 spiro atoms. The number of hydrogen-bond donors (Lipinski definition) is 0. The van der Waals surface area contributed by atoms with Crippen molar-refractivity contribution in [3.05, 3.63) is 67.7 Å². The lowest BCUT2D eigenvalue weighted by Gasteiger charge is -2.17. The van der Waals surface area contributed by atoms with Gasteiger partial charge in [0.1, 0.15) is 6.61 Å². The Kier molecular flexibility index (Phi) is 6.92. The summed E-state index contributed by atoms with van der Waals surface area (Å²) >= 11 is 13.3. The van der Waals surface area contributed by atoms with E-state index in [9.17, 15) is 10.1 Å². The molecule has 138 valence electrons. The second-order valence-corrected chi connectivity index (χ2v) is 9.15. The molecule has 2 rings (SSSR count). The lowest BCUT2D eigenvalue weighted by Crippen LogP contribution is -2.07. The number of nitrogens with zero attached hydrogens (tertiary/aromatic N) is 2. The molecule has 0 N–H and O–H groups in total. The van der Waals surface area contributed by atoms with Gasteiger partial charge in [-0.1, -0.05) is 61.3 Å². The van der Waals surface area contributed by atoms with E-state index in [1.807, 2.05) is 20.8 Å². The normalized spacial score (nSPS) is 11.7. The monoisotopic (exact) mass is 412 g/mol. The molecule has 0 saturated heterocycles. The number of halogens is 2. The first-order valence-corrected chi connectivity index (χ1v) is 9.30. The smallest absolute Gasteiger partial charge is 0.283 e. The molecule has 0 fully saturated rings. The molecular formula is C18H18Cl2N2O3S. The zero-order valence-corrected chi connectivity index (χ0v) is 16.9. The Labute approximate surface area is 166 Å². The standard InChI is InChI=1S/C18H18Cl2N2O3S/c1-18(2,3)26-17-7-4-12(8-16(17)22(23)24)10-21-25-11-13-5-6-14(19)9-15(13)20/h4-10H,11H2,1-3H3/b21-10-. The summed E-state index contributed by atoms with van der Waals surface area (Å²) in [4.78, 5) is 16.8. The fourth-order valence-corrected chi connectivity index (χ4v) is 3.51. The fraction of sp³-hybridized carbons (Fsp3) is 0.278. The Balaban J connectivity index is 2.07. The molecule has 0 unspecified atom stereocenters. The van der Waals surface area contributed by atoms with Crippen LogP contribution in [0.1, 0.15) is 31.9 Å². The van der Waals surface area contributed by atoms with Gasteiger partial charge in [-0.15, -0.1) is 11.8 Å². The van der Waals surface area contributed by atoms with Crippen LogP contribution in [-0.2, 0) is 11.4 Å². The molecule has 0 saturated carbocycles. The SMILES string of the molecule is CC(C)(C)Sc1ccc(/C=N\OCc2ccc(Cl)cc2Cl)cc1[N+](=O)[O-]. The van der Waals surface area contributed by atoms with E-state index in [4.69, 9.17) is 28.0 Å². The summed E-state index contributed by atoms with van der Waals surface area (Å²) in [6, 6.07) is 10.1. The highest BCUT2D eigenvalue weighted by atomic mass is 35.5. The van der Waals surface area contributed by atoms with E-state index >= 15 is 0 Å². The van der Waals surface area contributed by atoms with E-state index in [1.165, 1.54) is 24.0 Å². The van der Waals surface area contributed by atoms with Crippen LogP contribution in [0.2, 0.25) is 10.0 Å². The summed E-state index contributed by atoms with van der Waals surface area (Å²) in [5, 5.41) is 16.2. The molecule has 2 aromatic carbocycles. The molecule has 2 aromatic rings. The van der Waals surface area contributed by atoms with Crippen molar-refractivity contribution < 1.29 is 9.76 Å². The van der Waals surface area contributed by atoms with Gasteiger partial charge in [-0.05, 0) is 18.2 Å². The highest BCUT2D eigenvalue weighted by Crippen LogP contribution is 2.37. The van der Waals surface area contributed by atoms with Gasteiger partial charge in [0.05, 0.1) is 16.0 Å². The largest absolute Gasteiger partial charge is 0.391 e. The number of thioether (sulfide) groups is 1. The van der Waals surface area contributed by atoms with Crippen molar-refractivity contribution in [2.75, 3.05) is 0 Å². The maximum Gasteiger partial charge on any atom is 0.283 e. The van der Waals surface area contributed by atoms with E-state index in [0.717, 1.165) is 5.56 Å². The lowest BCUT2D eigenvalue weighted by atomic mass is 10.2. The average molecular weight is 413 g/mol. The quantitative estimate of drug-likeness (QED) is 0.240. The van der Waals surface area contributed by atoms with Crippen LogP contribution in [0.3, 0.4) is 0 Å². The summed E-state index contributed by atoms with van der Waals surface area (Å²) in [7, 11) is 0. The Bertz CT molecular complexity index is 836. The van der Waals surface area contributed by atoms with Gasteiger partial charge in [0.25, 0.3) is 5.69 Å². The van der Waals surface area contributed by atoms with Gasteiger partial charge in [-0.2, -0.15) is 0 Å². The Morgan fingerprint density at radius 2 is 1.96 bits per heavy atom. The molecule has 26 heavy (non-hydrogen) atoms. The highest BCUT2D eigenvalue weighted by Gasteiger charge is 2.20. The molecule has 0 aliphatic rings. The molecule has 8 heteroatoms. The van der Waals surface area contributed by atoms with Crippen molar-refractivity contribution in [2.45, 2.75) is 37.0 Å². The first kappa shape index (κ1) is 20.6. The number of hydrogen-bond acceptors (Lipinski definition) is 5. The van der Waals surface area contributed by atoms with Gasteiger partial charge in [-0.25, -0.2) is 0 Å². The second-order valence-electron chi connectivity index (χ2n) is 6.44. The Morgan fingerprint density at radius 1 is 1.23 bits per heavy atom. The summed E-state index contributed by atoms with van der Waals surface area (Å²) in [6.07, 6.45) is 1.43. The van der Waals surface area contributed by atoms with Crippen molar-refractivity contribution in [3.63, 3.8) is 0 Å². The van der Waals surface area contributed by atoms with Crippen LogP contribution in [0.25, 0.3) is 0 Å². The van der Waals surface area contributed by atoms with Gasteiger partial charge in [0.2, 0.25) is 0 Å². The number of rotatable bonds is 6. The number of nitro benzene ring substituents is 1. The highest BCUT2D eigenvalue weighted by molar-refractivity contribution is 8.00. The predicted octanol–water partition coefficient (Wildman–Crippen LogP) is 6.34. The molecule has 0 amide bonds. The molecule has 0 aliphatic heterocycles. The van der Waals surface area contributed by atoms with E-state index in [2.05, 4.69) is 5.16 Å². The molecular weight excluding hydrogens is 395 g/mol. The van der Waals surface area contributed by atoms with Crippen LogP contribution in [0, 0.1) is 10.1 Å². The van der Waals surface area contributed by atoms with Crippen LogP contribution >= 0.6 is 35.0 Å². The predicted molar refractivity (Wildman–Crippen MR) is 108 cm³/mol. The van der Waals surface area contributed by atoms with E-state index in [0.29, 0.717) is 20.5 Å². The minimum absolute atomic E-state index is 0.0506. The van der Waals surface area contributed by atoms with Crippen LogP contribution in [-0.4, -0.2) is 15.9 Å². The maximum atomic E-state index is 11.3. The third-order valence-corrected chi connectivity index (χ3v) is 4.87. The summed E-state index contributed by atoms with van der Waals surface area (Å²) < 4.78 is -0.124. The molecule has 0 radical (unpaired) electrons. The number of benzene rings is 2. The van der Waals surface area contributed by atoms with Crippen molar-refractivity contribution >= 4 is 46.9 Å². The summed E-state index contributed by atoms with van der Waals surface area (Å²) in [6.45, 7) is 6.19. The van der Waals surface area contributed by atoms with Crippen LogP contribution in [0.4, 0.5) is 5.69 Å². The lowest BCUT2D eigenvalue weighted by molar-refractivity contribution is -0.387. The van der Waals surface area contributed by atoms with Gasteiger partial charge in [-0.3, -0.25) is 10.1 Å². The average Bonchev–Trinajstić information content (AvgIpc) is 2.52. The third kappa shape index (κ3) is 6.20. The van der Waals surface area contributed by atoms with Crippen molar-refractivity contribution in [1.82, 2.24) is 0 Å². The Morgan fingerprint density at radius 3 is 2.58 bits per heavy atom. The van der Waals surface area contributed by atoms with Crippen LogP contribution in [0.15, 0.2) is 46.4 Å². The third-order valence-electron chi connectivity index (χ3n) is 3.11. The maximum absolute atomic E-state index is 11.3. The molecule has 0 aliphatic carbocycles. The van der Waals surface area contributed by atoms with Gasteiger partial charge >= 0.3 is 0 Å². The van der Waals surface area contributed by atoms with Crippen molar-refractivity contribution in [1.29, 1.82) is 0 Å². The summed E-state index contributed by atoms with van der Waals surface area (Å²) in [5.41, 5.74) is 1.38. The van der Waals surface area contributed by atoms with Gasteiger partial charge in [0.15, 0.2) is 0 Å². The zero-order valence-electron chi connectivity index (χ0n) is 14.5. The van der Waals surface area contributed by atoms with Crippen molar-refractivity contribution in [3.8, 4) is 0 Å². The molecule has 0 atom stereocenters. The van der Waals surface area contributed by atoms with Gasteiger partial charge < -0.3 is 4.84 Å². The van der Waals surface area contributed by atoms with Crippen LogP contribution < -0.4 is 0 Å². The fourth-order valence-electron chi connectivity index (χ4n) is 2.02. The van der Waals surface area contributed by atoms with E-state index in [1.54, 1.807) is 30.3 Å². The number of oxime groups is 1. The van der Waals surface area contributed by atoms with E-state index < -0.39 is 0 Å².